The molecule has 0 bridgehead atoms. The summed E-state index contributed by atoms with van der Waals surface area (Å²) in [6, 6.07) is 20.9. The normalized spacial score (nSPS) is 11.2. The smallest absolute Gasteiger partial charge is 0.234 e. The van der Waals surface area contributed by atoms with Gasteiger partial charge < -0.3 is 9.15 Å². The van der Waals surface area contributed by atoms with Crippen molar-refractivity contribution in [3.05, 3.63) is 90.3 Å². The quantitative estimate of drug-likeness (QED) is 0.368. The van der Waals surface area contributed by atoms with E-state index in [-0.39, 0.29) is 18.3 Å². The van der Waals surface area contributed by atoms with Gasteiger partial charge in [-0.25, -0.2) is 4.98 Å². The molecule has 2 aromatic carbocycles. The Morgan fingerprint density at radius 2 is 1.81 bits per heavy atom. The Morgan fingerprint density at radius 1 is 0.972 bits per heavy atom. The Balaban J connectivity index is 1.21. The van der Waals surface area contributed by atoms with Gasteiger partial charge in [0.05, 0.1) is 18.1 Å². The molecule has 10 nitrogen and oxygen atoms in total. The summed E-state index contributed by atoms with van der Waals surface area (Å²) in [6.07, 6.45) is 3.52. The molecule has 4 heterocycles. The number of anilines is 1. The fraction of sp³-hybridized carbons (Fsp3) is 0.115. The minimum Gasteiger partial charge on any atom is -0.489 e. The van der Waals surface area contributed by atoms with Gasteiger partial charge >= 0.3 is 0 Å². The maximum absolute atomic E-state index is 12.9. The molecular weight excluding hydrogens is 458 g/mol. The summed E-state index contributed by atoms with van der Waals surface area (Å²) in [4.78, 5) is 22.0. The molecule has 10 heteroatoms. The highest BCUT2D eigenvalue weighted by Gasteiger charge is 2.19. The van der Waals surface area contributed by atoms with E-state index in [1.807, 2.05) is 60.8 Å². The minimum atomic E-state index is -0.243. The first-order valence-electron chi connectivity index (χ1n) is 11.3. The van der Waals surface area contributed by atoms with Crippen molar-refractivity contribution in [2.45, 2.75) is 13.0 Å². The first-order valence-corrected chi connectivity index (χ1v) is 11.3. The number of carbonyl (C=O) groups is 1. The molecule has 0 spiro atoms. The van der Waals surface area contributed by atoms with Gasteiger partial charge in [-0.2, -0.15) is 14.6 Å². The van der Waals surface area contributed by atoms with E-state index in [1.165, 1.54) is 4.52 Å². The summed E-state index contributed by atoms with van der Waals surface area (Å²) in [5, 5.41) is 12.5. The van der Waals surface area contributed by atoms with Gasteiger partial charge in [0.1, 0.15) is 12.4 Å². The van der Waals surface area contributed by atoms with Crippen LogP contribution in [0.2, 0.25) is 0 Å². The van der Waals surface area contributed by atoms with Crippen LogP contribution in [0.25, 0.3) is 28.3 Å². The number of rotatable bonds is 7. The third kappa shape index (κ3) is 4.27. The molecule has 4 aromatic heterocycles. The van der Waals surface area contributed by atoms with Crippen molar-refractivity contribution in [1.82, 2.24) is 29.4 Å². The van der Waals surface area contributed by atoms with E-state index in [1.54, 1.807) is 30.1 Å². The van der Waals surface area contributed by atoms with Gasteiger partial charge in [-0.3, -0.25) is 14.8 Å². The van der Waals surface area contributed by atoms with E-state index >= 15 is 0 Å². The molecule has 6 aromatic rings. The second kappa shape index (κ2) is 8.99. The van der Waals surface area contributed by atoms with Crippen molar-refractivity contribution in [2.24, 2.45) is 7.05 Å². The molecular formula is C26H21N7O3. The topological polar surface area (TPSA) is 112 Å². The van der Waals surface area contributed by atoms with Crippen LogP contribution in [-0.4, -0.2) is 35.3 Å². The second-order valence-corrected chi connectivity index (χ2v) is 8.27. The predicted octanol–water partition coefficient (Wildman–Crippen LogP) is 4.03. The maximum atomic E-state index is 12.9. The lowest BCUT2D eigenvalue weighted by Crippen LogP contribution is -2.18. The molecule has 0 saturated heterocycles. The monoisotopic (exact) mass is 479 g/mol. The van der Waals surface area contributed by atoms with Crippen LogP contribution in [0.1, 0.15) is 11.1 Å². The number of benzene rings is 2. The standard InChI is InChI=1S/C26H21N7O3/c1-32-15-20-23(30-32)29-26(33-25(20)28-24(31-33)21-8-5-13-35-21)27-22(34)14-17-9-11-19(12-10-17)36-16-18-6-3-2-4-7-18/h2-13,15H,14,16H2,1H3,(H,27,29,30,34). The van der Waals surface area contributed by atoms with E-state index in [0.717, 1.165) is 16.9 Å². The first-order chi connectivity index (χ1) is 17.6. The lowest BCUT2D eigenvalue weighted by atomic mass is 10.1. The summed E-state index contributed by atoms with van der Waals surface area (Å²) < 4.78 is 14.4. The van der Waals surface area contributed by atoms with E-state index in [9.17, 15) is 4.79 Å². The maximum Gasteiger partial charge on any atom is 0.234 e. The number of amides is 1. The van der Waals surface area contributed by atoms with Crippen molar-refractivity contribution in [2.75, 3.05) is 5.32 Å². The van der Waals surface area contributed by atoms with Crippen LogP contribution in [-0.2, 0) is 24.9 Å². The number of nitrogens with zero attached hydrogens (tertiary/aromatic N) is 6. The van der Waals surface area contributed by atoms with Crippen LogP contribution in [0.4, 0.5) is 5.95 Å². The molecule has 1 N–H and O–H groups in total. The number of hydrogen-bond donors (Lipinski definition) is 1. The zero-order valence-electron chi connectivity index (χ0n) is 19.3. The van der Waals surface area contributed by atoms with Gasteiger partial charge in [0.25, 0.3) is 0 Å². The van der Waals surface area contributed by atoms with E-state index in [4.69, 9.17) is 9.15 Å². The summed E-state index contributed by atoms with van der Waals surface area (Å²) in [5.41, 5.74) is 2.91. The third-order valence-electron chi connectivity index (χ3n) is 5.60. The summed E-state index contributed by atoms with van der Waals surface area (Å²) >= 11 is 0. The van der Waals surface area contributed by atoms with Crippen molar-refractivity contribution in [3.63, 3.8) is 0 Å². The Bertz CT molecular complexity index is 1650. The van der Waals surface area contributed by atoms with Gasteiger partial charge in [0.15, 0.2) is 17.1 Å². The Labute approximate surface area is 205 Å². The fourth-order valence-corrected chi connectivity index (χ4v) is 3.89. The van der Waals surface area contributed by atoms with Crippen molar-refractivity contribution >= 4 is 28.5 Å². The Morgan fingerprint density at radius 3 is 2.58 bits per heavy atom. The number of ether oxygens (including phenoxy) is 1. The summed E-state index contributed by atoms with van der Waals surface area (Å²) in [6.45, 7) is 0.482. The molecule has 178 valence electrons. The predicted molar refractivity (Wildman–Crippen MR) is 132 cm³/mol. The van der Waals surface area contributed by atoms with Crippen LogP contribution in [0.15, 0.2) is 83.6 Å². The average Bonchev–Trinajstić information content (AvgIpc) is 3.63. The highest BCUT2D eigenvalue weighted by Crippen LogP contribution is 2.24. The van der Waals surface area contributed by atoms with Gasteiger partial charge in [0.2, 0.25) is 17.7 Å². The Hall–Kier alpha value is -4.99. The lowest BCUT2D eigenvalue weighted by Gasteiger charge is -2.08. The SMILES string of the molecule is Cn1cc2c(nc(NC(=O)Cc3ccc(OCc4ccccc4)cc3)n3nc(-c4ccco4)nc23)n1. The molecule has 36 heavy (non-hydrogen) atoms. The molecule has 0 aliphatic rings. The molecule has 0 aliphatic heterocycles. The number of aryl methyl sites for hydroxylation is 1. The van der Waals surface area contributed by atoms with E-state index in [0.29, 0.717) is 34.9 Å². The first kappa shape index (κ1) is 21.5. The second-order valence-electron chi connectivity index (χ2n) is 8.27. The third-order valence-corrected chi connectivity index (χ3v) is 5.60. The van der Waals surface area contributed by atoms with Crippen molar-refractivity contribution in [3.8, 4) is 17.3 Å². The molecule has 6 rings (SSSR count). The molecule has 0 fully saturated rings. The van der Waals surface area contributed by atoms with Crippen LogP contribution >= 0.6 is 0 Å². The van der Waals surface area contributed by atoms with Gasteiger partial charge in [0, 0.05) is 13.2 Å². The molecule has 0 atom stereocenters. The van der Waals surface area contributed by atoms with Crippen molar-refractivity contribution < 1.29 is 13.9 Å². The highest BCUT2D eigenvalue weighted by atomic mass is 16.5. The molecule has 0 radical (unpaired) electrons. The largest absolute Gasteiger partial charge is 0.489 e. The lowest BCUT2D eigenvalue weighted by molar-refractivity contribution is -0.115. The number of furan rings is 1. The highest BCUT2D eigenvalue weighted by molar-refractivity contribution is 5.95. The number of fused-ring (bicyclic) bond motifs is 3. The number of hydrogen-bond acceptors (Lipinski definition) is 7. The summed E-state index contributed by atoms with van der Waals surface area (Å²) in [7, 11) is 1.80. The number of nitrogens with one attached hydrogen (secondary N) is 1. The van der Waals surface area contributed by atoms with Crippen LogP contribution in [0.3, 0.4) is 0 Å². The zero-order valence-corrected chi connectivity index (χ0v) is 19.3. The minimum absolute atomic E-state index is 0.155. The number of aromatic nitrogens is 6. The van der Waals surface area contributed by atoms with E-state index in [2.05, 4.69) is 25.5 Å². The molecule has 0 unspecified atom stereocenters. The van der Waals surface area contributed by atoms with E-state index < -0.39 is 0 Å². The zero-order chi connectivity index (χ0) is 24.5. The van der Waals surface area contributed by atoms with Crippen LogP contribution in [0.5, 0.6) is 5.75 Å². The van der Waals surface area contributed by atoms with Crippen molar-refractivity contribution in [1.29, 1.82) is 0 Å². The van der Waals surface area contributed by atoms with Crippen LogP contribution < -0.4 is 10.1 Å². The molecule has 0 aliphatic carbocycles. The Kier molecular flexibility index (Phi) is 5.38. The molecule has 1 amide bonds. The summed E-state index contributed by atoms with van der Waals surface area (Å²) in [5.74, 6) is 1.63. The number of carbonyl (C=O) groups excluding carboxylic acids is 1. The average molecular weight is 480 g/mol. The van der Waals surface area contributed by atoms with Gasteiger partial charge in [-0.1, -0.05) is 42.5 Å². The molecule has 0 saturated carbocycles. The fourth-order valence-electron chi connectivity index (χ4n) is 3.89. The van der Waals surface area contributed by atoms with Gasteiger partial charge in [-0.05, 0) is 35.4 Å². The van der Waals surface area contributed by atoms with Crippen LogP contribution in [0, 0.1) is 0 Å². The van der Waals surface area contributed by atoms with Gasteiger partial charge in [-0.15, -0.1) is 5.10 Å².